The standard InChI is InChI=1S/C56H42Se/c1-2-13-35(14-3-1)52-39-15-4-6-17-41(39)53(42-18-7-5-16-40(42)52)36-25-26-47-50(32-36)57-49-24-12-23-48(55(47)49)54-43-19-8-10-21-45(43)56(46-22-11-9-20-44(46)54)51-37-28-33-27-34(30-37)31-38(51)29-33/h1-26,32-34,37-38,51H,27-31H2. The van der Waals surface area contributed by atoms with Gasteiger partial charge in [0, 0.05) is 0 Å². The first-order valence-corrected chi connectivity index (χ1v) is 22.9. The summed E-state index contributed by atoms with van der Waals surface area (Å²) in [5.74, 6) is 4.31. The molecular weight excluding hydrogens is 752 g/mol. The van der Waals surface area contributed by atoms with Gasteiger partial charge in [-0.1, -0.05) is 0 Å². The van der Waals surface area contributed by atoms with Crippen LogP contribution < -0.4 is 0 Å². The molecule has 4 bridgehead atoms. The summed E-state index contributed by atoms with van der Waals surface area (Å²) in [6.07, 6.45) is 7.27. The Balaban J connectivity index is 1.04. The molecule has 0 unspecified atom stereocenters. The molecule has 1 heteroatoms. The second kappa shape index (κ2) is 12.5. The van der Waals surface area contributed by atoms with Crippen molar-refractivity contribution in [3.8, 4) is 33.4 Å². The molecule has 4 aliphatic rings. The zero-order valence-electron chi connectivity index (χ0n) is 31.9. The number of hydrogen-bond donors (Lipinski definition) is 0. The van der Waals surface area contributed by atoms with Gasteiger partial charge in [0.2, 0.25) is 0 Å². The van der Waals surface area contributed by atoms with Gasteiger partial charge in [-0.05, 0) is 0 Å². The van der Waals surface area contributed by atoms with Crippen molar-refractivity contribution < 1.29 is 0 Å². The molecule has 4 fully saturated rings. The minimum absolute atomic E-state index is 0.207. The van der Waals surface area contributed by atoms with E-state index in [0.717, 1.165) is 23.7 Å². The van der Waals surface area contributed by atoms with E-state index in [2.05, 4.69) is 164 Å². The van der Waals surface area contributed by atoms with Crippen LogP contribution in [-0.4, -0.2) is 14.5 Å². The first kappa shape index (κ1) is 32.6. The van der Waals surface area contributed by atoms with Crippen LogP contribution in [0.1, 0.15) is 43.6 Å². The Morgan fingerprint density at radius 2 is 0.842 bits per heavy atom. The molecule has 1 heterocycles. The van der Waals surface area contributed by atoms with E-state index in [1.807, 2.05) is 0 Å². The maximum atomic E-state index is 2.54. The summed E-state index contributed by atoms with van der Waals surface area (Å²) in [5.41, 5.74) is 9.73. The molecule has 1 aromatic heterocycles. The van der Waals surface area contributed by atoms with E-state index in [1.165, 1.54) is 128 Å². The van der Waals surface area contributed by atoms with Gasteiger partial charge in [-0.3, -0.25) is 0 Å². The van der Waals surface area contributed by atoms with Gasteiger partial charge in [-0.15, -0.1) is 0 Å². The van der Waals surface area contributed by atoms with E-state index >= 15 is 0 Å². The van der Waals surface area contributed by atoms with Crippen LogP contribution in [0.4, 0.5) is 0 Å². The zero-order valence-corrected chi connectivity index (χ0v) is 33.6. The fourth-order valence-electron chi connectivity index (χ4n) is 12.8. The Hall–Kier alpha value is -5.46. The normalized spacial score (nSPS) is 21.5. The third-order valence-corrected chi connectivity index (χ3v) is 16.9. The third-order valence-electron chi connectivity index (χ3n) is 14.6. The SMILES string of the molecule is c1ccc(-c2c3ccccc3c(-c3ccc4c(c3)[se]c3cccc(-c5c6ccccc6c(C6C7CC8CC(C7)CC6C8)c6ccccc56)c34)c3ccccc23)cc1. The Morgan fingerprint density at radius 1 is 0.351 bits per heavy atom. The Labute approximate surface area is 339 Å². The predicted octanol–water partition coefficient (Wildman–Crippen LogP) is 15.2. The minimum atomic E-state index is 0.207. The number of rotatable bonds is 4. The molecule has 4 aliphatic carbocycles. The van der Waals surface area contributed by atoms with E-state index in [-0.39, 0.29) is 14.5 Å². The maximum absolute atomic E-state index is 2.54. The van der Waals surface area contributed by atoms with Gasteiger partial charge < -0.3 is 0 Å². The molecule has 0 nitrogen and oxygen atoms in total. The van der Waals surface area contributed by atoms with Crippen molar-refractivity contribution in [1.29, 1.82) is 0 Å². The fraction of sp³-hybridized carbons (Fsp3) is 0.179. The molecule has 0 radical (unpaired) electrons. The fourth-order valence-corrected chi connectivity index (χ4v) is 15.2. The van der Waals surface area contributed by atoms with E-state index in [9.17, 15) is 0 Å². The Bertz CT molecular complexity index is 3110. The molecule has 4 saturated carbocycles. The first-order valence-electron chi connectivity index (χ1n) is 21.1. The molecule has 9 aromatic carbocycles. The van der Waals surface area contributed by atoms with Crippen molar-refractivity contribution in [1.82, 2.24) is 0 Å². The van der Waals surface area contributed by atoms with E-state index in [4.69, 9.17) is 0 Å². The second-order valence-electron chi connectivity index (χ2n) is 17.5. The molecule has 14 rings (SSSR count). The van der Waals surface area contributed by atoms with E-state index < -0.39 is 0 Å². The average molecular weight is 794 g/mol. The van der Waals surface area contributed by atoms with Crippen molar-refractivity contribution in [2.75, 3.05) is 0 Å². The summed E-state index contributed by atoms with van der Waals surface area (Å²) in [6, 6.07) is 62.6. The molecule has 10 aromatic rings. The van der Waals surface area contributed by atoms with Gasteiger partial charge >= 0.3 is 341 Å². The zero-order chi connectivity index (χ0) is 37.2. The molecule has 272 valence electrons. The van der Waals surface area contributed by atoms with Crippen LogP contribution in [0.5, 0.6) is 0 Å². The van der Waals surface area contributed by atoms with Crippen LogP contribution in [0.15, 0.2) is 164 Å². The third kappa shape index (κ3) is 4.80. The predicted molar refractivity (Wildman–Crippen MR) is 245 cm³/mol. The van der Waals surface area contributed by atoms with Crippen LogP contribution in [0.25, 0.3) is 95.8 Å². The molecule has 57 heavy (non-hydrogen) atoms. The van der Waals surface area contributed by atoms with Crippen LogP contribution in [-0.2, 0) is 0 Å². The van der Waals surface area contributed by atoms with Gasteiger partial charge in [-0.2, -0.15) is 0 Å². The van der Waals surface area contributed by atoms with Crippen molar-refractivity contribution in [2.45, 2.75) is 38.0 Å². The Kier molecular flexibility index (Phi) is 7.16. The van der Waals surface area contributed by atoms with E-state index in [0.29, 0.717) is 5.92 Å². The van der Waals surface area contributed by atoms with Gasteiger partial charge in [0.25, 0.3) is 0 Å². The number of benzene rings is 9. The summed E-state index contributed by atoms with van der Waals surface area (Å²) >= 11 is 0.207. The summed E-state index contributed by atoms with van der Waals surface area (Å²) in [5, 5.41) is 14.0. The van der Waals surface area contributed by atoms with Crippen molar-refractivity contribution in [2.24, 2.45) is 23.7 Å². The number of hydrogen-bond acceptors (Lipinski definition) is 0. The molecule has 0 atom stereocenters. The Morgan fingerprint density at radius 3 is 1.40 bits per heavy atom. The van der Waals surface area contributed by atoms with E-state index in [1.54, 1.807) is 5.56 Å². The summed E-state index contributed by atoms with van der Waals surface area (Å²) in [4.78, 5) is 0. The van der Waals surface area contributed by atoms with Crippen molar-refractivity contribution >= 4 is 76.9 Å². The monoisotopic (exact) mass is 794 g/mol. The van der Waals surface area contributed by atoms with Crippen LogP contribution in [0, 0.1) is 23.7 Å². The van der Waals surface area contributed by atoms with Gasteiger partial charge in [-0.25, -0.2) is 0 Å². The van der Waals surface area contributed by atoms with Gasteiger partial charge in [0.05, 0.1) is 0 Å². The van der Waals surface area contributed by atoms with Gasteiger partial charge in [0.1, 0.15) is 0 Å². The van der Waals surface area contributed by atoms with Gasteiger partial charge in [0.15, 0.2) is 0 Å². The topological polar surface area (TPSA) is 0 Å². The molecule has 0 saturated heterocycles. The average Bonchev–Trinajstić information content (AvgIpc) is 3.63. The second-order valence-corrected chi connectivity index (χ2v) is 19.8. The first-order chi connectivity index (χ1) is 28.3. The summed E-state index contributed by atoms with van der Waals surface area (Å²) < 4.78 is 2.99. The van der Waals surface area contributed by atoms with Crippen molar-refractivity contribution in [3.63, 3.8) is 0 Å². The summed E-state index contributed by atoms with van der Waals surface area (Å²) in [7, 11) is 0. The molecule has 0 N–H and O–H groups in total. The van der Waals surface area contributed by atoms with Crippen molar-refractivity contribution in [3.05, 3.63) is 169 Å². The molecule has 0 aliphatic heterocycles. The summed E-state index contributed by atoms with van der Waals surface area (Å²) in [6.45, 7) is 0. The molecule has 0 spiro atoms. The number of fused-ring (bicyclic) bond motifs is 7. The molecular formula is C56H42Se. The van der Waals surface area contributed by atoms with Crippen LogP contribution in [0.3, 0.4) is 0 Å². The van der Waals surface area contributed by atoms with Crippen LogP contribution in [0.2, 0.25) is 0 Å². The quantitative estimate of drug-likeness (QED) is 0.123. The molecule has 0 amide bonds. The van der Waals surface area contributed by atoms with Crippen LogP contribution >= 0.6 is 0 Å².